The van der Waals surface area contributed by atoms with Crippen molar-refractivity contribution < 1.29 is 4.39 Å². The predicted octanol–water partition coefficient (Wildman–Crippen LogP) is 6.61. The molecule has 0 spiro atoms. The van der Waals surface area contributed by atoms with Gasteiger partial charge in [-0.1, -0.05) is 41.1 Å². The fraction of sp³-hybridized carbons (Fsp3) is 0.0476. The van der Waals surface area contributed by atoms with Gasteiger partial charge in [-0.15, -0.1) is 0 Å². The Labute approximate surface area is 161 Å². The number of pyridine rings is 1. The summed E-state index contributed by atoms with van der Waals surface area (Å²) >= 11 is 7.73. The summed E-state index contributed by atoms with van der Waals surface area (Å²) in [6.45, 7) is 2.03. The van der Waals surface area contributed by atoms with Gasteiger partial charge in [0.05, 0.1) is 11.4 Å². The van der Waals surface area contributed by atoms with Crippen LogP contribution in [0.1, 0.15) is 11.1 Å². The smallest absolute Gasteiger partial charge is 0.138 e. The van der Waals surface area contributed by atoms with E-state index in [9.17, 15) is 4.39 Å². The molecule has 0 aliphatic rings. The molecule has 0 fully saturated rings. The molecule has 3 aromatic rings. The van der Waals surface area contributed by atoms with Crippen molar-refractivity contribution >= 4 is 34.8 Å². The molecule has 0 unspecified atom stereocenters. The summed E-state index contributed by atoms with van der Waals surface area (Å²) in [6.07, 6.45) is 3.53. The topological polar surface area (TPSA) is 25.2 Å². The van der Waals surface area contributed by atoms with Gasteiger partial charge in [0.1, 0.15) is 11.0 Å². The third-order valence-corrected chi connectivity index (χ3v) is 4.68. The summed E-state index contributed by atoms with van der Waals surface area (Å²) < 4.78 is 13.0. The molecule has 130 valence electrons. The highest BCUT2D eigenvalue weighted by molar-refractivity contribution is 8.02. The van der Waals surface area contributed by atoms with Crippen molar-refractivity contribution in [2.75, 3.05) is 0 Å². The van der Waals surface area contributed by atoms with Crippen molar-refractivity contribution in [1.29, 1.82) is 0 Å². The fourth-order valence-electron chi connectivity index (χ4n) is 2.21. The lowest BCUT2D eigenvalue weighted by atomic mass is 10.1. The van der Waals surface area contributed by atoms with Gasteiger partial charge in [0.2, 0.25) is 0 Å². The molecule has 0 saturated heterocycles. The summed E-state index contributed by atoms with van der Waals surface area (Å²) in [7, 11) is 0. The minimum Gasteiger partial charge on any atom is -0.248 e. The van der Waals surface area contributed by atoms with Crippen LogP contribution in [0.4, 0.5) is 10.1 Å². The Morgan fingerprint density at radius 2 is 1.81 bits per heavy atom. The predicted molar refractivity (Wildman–Crippen MR) is 108 cm³/mol. The molecule has 5 heteroatoms. The van der Waals surface area contributed by atoms with Crippen LogP contribution in [0.15, 0.2) is 88.2 Å². The number of thioether (sulfide) groups is 1. The molecule has 0 atom stereocenters. The molecule has 1 aromatic heterocycles. The lowest BCUT2D eigenvalue weighted by molar-refractivity contribution is 0.626. The maximum absolute atomic E-state index is 13.0. The van der Waals surface area contributed by atoms with Crippen LogP contribution < -0.4 is 0 Å². The first-order chi connectivity index (χ1) is 12.6. The van der Waals surface area contributed by atoms with Crippen LogP contribution in [0.3, 0.4) is 0 Å². The molecule has 0 saturated carbocycles. The van der Waals surface area contributed by atoms with E-state index in [4.69, 9.17) is 16.6 Å². The Bertz CT molecular complexity index is 935. The Morgan fingerprint density at radius 1 is 1.08 bits per heavy atom. The molecule has 0 N–H and O–H groups in total. The molecule has 3 rings (SSSR count). The molecule has 26 heavy (non-hydrogen) atoms. The van der Waals surface area contributed by atoms with Crippen molar-refractivity contribution in [2.24, 2.45) is 4.99 Å². The molecule has 0 bridgehead atoms. The third kappa shape index (κ3) is 5.04. The average Bonchev–Trinajstić information content (AvgIpc) is 2.65. The van der Waals surface area contributed by atoms with E-state index in [1.165, 1.54) is 29.5 Å². The SMILES string of the molecule is Cc1ccc(N=C(C=CSc2ccc(F)cc2)c2cccnc2Cl)cc1. The third-order valence-electron chi connectivity index (χ3n) is 3.56. The van der Waals surface area contributed by atoms with Crippen LogP contribution in [-0.4, -0.2) is 10.7 Å². The first-order valence-corrected chi connectivity index (χ1v) is 9.22. The Kier molecular flexibility index (Phi) is 6.21. The van der Waals surface area contributed by atoms with Gasteiger partial charge in [-0.3, -0.25) is 0 Å². The molecule has 1 heterocycles. The van der Waals surface area contributed by atoms with Gasteiger partial charge in [-0.25, -0.2) is 14.4 Å². The molecule has 0 aliphatic carbocycles. The van der Waals surface area contributed by atoms with Crippen LogP contribution in [0.25, 0.3) is 0 Å². The summed E-state index contributed by atoms with van der Waals surface area (Å²) in [5.41, 5.74) is 3.47. The van der Waals surface area contributed by atoms with E-state index in [2.05, 4.69) is 4.98 Å². The molecule has 0 amide bonds. The summed E-state index contributed by atoms with van der Waals surface area (Å²) in [5, 5.41) is 2.30. The lowest BCUT2D eigenvalue weighted by Crippen LogP contribution is -1.98. The first kappa shape index (κ1) is 18.4. The van der Waals surface area contributed by atoms with Crippen LogP contribution in [-0.2, 0) is 0 Å². The molecular weight excluding hydrogens is 367 g/mol. The lowest BCUT2D eigenvalue weighted by Gasteiger charge is -2.05. The van der Waals surface area contributed by atoms with Gasteiger partial charge in [-0.05, 0) is 66.9 Å². The largest absolute Gasteiger partial charge is 0.248 e. The fourth-order valence-corrected chi connectivity index (χ4v) is 3.08. The van der Waals surface area contributed by atoms with E-state index in [0.717, 1.165) is 16.1 Å². The second-order valence-electron chi connectivity index (χ2n) is 5.55. The van der Waals surface area contributed by atoms with Crippen molar-refractivity contribution in [3.05, 3.63) is 100 Å². The van der Waals surface area contributed by atoms with Crippen molar-refractivity contribution in [3.63, 3.8) is 0 Å². The van der Waals surface area contributed by atoms with Gasteiger partial charge in [-0.2, -0.15) is 0 Å². The number of aliphatic imine (C=N–C) groups is 1. The maximum atomic E-state index is 13.0. The number of aromatic nitrogens is 1. The summed E-state index contributed by atoms with van der Waals surface area (Å²) in [5.74, 6) is -0.248. The van der Waals surface area contributed by atoms with Gasteiger partial charge < -0.3 is 0 Å². The van der Waals surface area contributed by atoms with E-state index in [1.54, 1.807) is 18.3 Å². The van der Waals surface area contributed by atoms with Crippen molar-refractivity contribution in [2.45, 2.75) is 11.8 Å². The van der Waals surface area contributed by atoms with Gasteiger partial charge in [0.15, 0.2) is 0 Å². The van der Waals surface area contributed by atoms with E-state index in [-0.39, 0.29) is 5.82 Å². The van der Waals surface area contributed by atoms with Crippen molar-refractivity contribution in [3.8, 4) is 0 Å². The Hall–Kier alpha value is -2.43. The molecular formula is C21H16ClFN2S. The number of aryl methyl sites for hydroxylation is 1. The van der Waals surface area contributed by atoms with Crippen LogP contribution in [0.5, 0.6) is 0 Å². The zero-order valence-electron chi connectivity index (χ0n) is 14.1. The molecule has 2 nitrogen and oxygen atoms in total. The molecule has 2 aromatic carbocycles. The zero-order valence-corrected chi connectivity index (χ0v) is 15.6. The highest BCUT2D eigenvalue weighted by Gasteiger charge is 2.06. The van der Waals surface area contributed by atoms with Crippen LogP contribution >= 0.6 is 23.4 Å². The number of allylic oxidation sites excluding steroid dienone is 1. The highest BCUT2D eigenvalue weighted by Crippen LogP contribution is 2.22. The minimum absolute atomic E-state index is 0.248. The summed E-state index contributed by atoms with van der Waals surface area (Å²) in [4.78, 5) is 9.78. The Morgan fingerprint density at radius 3 is 2.50 bits per heavy atom. The number of nitrogens with zero attached hydrogens (tertiary/aromatic N) is 2. The summed E-state index contributed by atoms with van der Waals surface area (Å²) in [6, 6.07) is 18.0. The Balaban J connectivity index is 1.90. The van der Waals surface area contributed by atoms with Gasteiger partial charge >= 0.3 is 0 Å². The molecule has 0 aliphatic heterocycles. The second-order valence-corrected chi connectivity index (χ2v) is 6.89. The quantitative estimate of drug-likeness (QED) is 0.282. The minimum atomic E-state index is -0.248. The highest BCUT2D eigenvalue weighted by atomic mass is 35.5. The number of hydrogen-bond acceptors (Lipinski definition) is 3. The number of hydrogen-bond donors (Lipinski definition) is 0. The van der Waals surface area contributed by atoms with Gasteiger partial charge in [0.25, 0.3) is 0 Å². The van der Waals surface area contributed by atoms with Crippen LogP contribution in [0.2, 0.25) is 5.15 Å². The van der Waals surface area contributed by atoms with Gasteiger partial charge in [0, 0.05) is 16.7 Å². The monoisotopic (exact) mass is 382 g/mol. The van der Waals surface area contributed by atoms with Crippen LogP contribution in [0, 0.1) is 12.7 Å². The number of benzene rings is 2. The van der Waals surface area contributed by atoms with Crippen molar-refractivity contribution in [1.82, 2.24) is 4.98 Å². The zero-order chi connectivity index (χ0) is 18.4. The van der Waals surface area contributed by atoms with E-state index < -0.39 is 0 Å². The normalized spacial score (nSPS) is 11.9. The average molecular weight is 383 g/mol. The van der Waals surface area contributed by atoms with E-state index in [0.29, 0.717) is 10.9 Å². The van der Waals surface area contributed by atoms with E-state index in [1.807, 2.05) is 54.8 Å². The second kappa shape index (κ2) is 8.79. The van der Waals surface area contributed by atoms with E-state index >= 15 is 0 Å². The standard InChI is InChI=1S/C21H16ClFN2S/c1-15-4-8-17(9-5-15)25-20(19-3-2-13-24-21(19)22)12-14-26-18-10-6-16(23)7-11-18/h2-14H,1H3. The number of halogens is 2. The first-order valence-electron chi connectivity index (χ1n) is 7.97. The molecule has 0 radical (unpaired) electrons. The number of rotatable bonds is 5. The maximum Gasteiger partial charge on any atom is 0.138 e.